The van der Waals surface area contributed by atoms with Crippen molar-refractivity contribution in [3.63, 3.8) is 0 Å². The van der Waals surface area contributed by atoms with Gasteiger partial charge in [0.15, 0.2) is 18.9 Å². The van der Waals surface area contributed by atoms with Crippen LogP contribution in [0.1, 0.15) is 57.8 Å². The van der Waals surface area contributed by atoms with Crippen molar-refractivity contribution in [2.45, 2.75) is 64.3 Å². The van der Waals surface area contributed by atoms with E-state index in [9.17, 15) is 0 Å². The third-order valence-corrected chi connectivity index (χ3v) is 8.92. The fourth-order valence-electron chi connectivity index (χ4n) is 6.25. The molecule has 10 heteroatoms. The van der Waals surface area contributed by atoms with Gasteiger partial charge in [-0.25, -0.2) is 13.7 Å². The molecular formula is C41H45Cl2FeIN6. The number of halogens is 3. The Morgan fingerprint density at radius 2 is 0.863 bits per heavy atom. The second kappa shape index (κ2) is 24.1. The summed E-state index contributed by atoms with van der Waals surface area (Å²) in [6, 6.07) is 28.7. The Kier molecular flexibility index (Phi) is 20.7. The van der Waals surface area contributed by atoms with Gasteiger partial charge in [0.1, 0.15) is 12.4 Å². The molecule has 0 radical (unpaired) electrons. The zero-order chi connectivity index (χ0) is 31.9. The first-order chi connectivity index (χ1) is 23.3. The van der Waals surface area contributed by atoms with Gasteiger partial charge in [0.05, 0.1) is 24.8 Å². The molecule has 6 aromatic heterocycles. The van der Waals surface area contributed by atoms with E-state index in [1.807, 2.05) is 76.3 Å². The molecule has 8 rings (SSSR count). The summed E-state index contributed by atoms with van der Waals surface area (Å²) in [7, 11) is 0. The molecule has 51 heavy (non-hydrogen) atoms. The minimum Gasteiger partial charge on any atom is -1.00 e. The van der Waals surface area contributed by atoms with Crippen LogP contribution in [0.3, 0.4) is 0 Å². The summed E-state index contributed by atoms with van der Waals surface area (Å²) in [5.41, 5.74) is 4.82. The number of rotatable bonds is 6. The molecule has 0 saturated heterocycles. The van der Waals surface area contributed by atoms with E-state index < -0.39 is 0 Å². The molecule has 0 unspecified atom stereocenters. The predicted octanol–water partition coefficient (Wildman–Crippen LogP) is -1.12. The average molecular weight is 876 g/mol. The summed E-state index contributed by atoms with van der Waals surface area (Å²) in [5.74, 6) is 2.72. The van der Waals surface area contributed by atoms with Crippen molar-refractivity contribution in [3.05, 3.63) is 147 Å². The molecule has 6 nitrogen and oxygen atoms in total. The Hall–Kier alpha value is -3.27. The quantitative estimate of drug-likeness (QED) is 0.121. The summed E-state index contributed by atoms with van der Waals surface area (Å²) in [4.78, 5) is 12.7. The van der Waals surface area contributed by atoms with Crippen LogP contribution < -0.4 is 62.5 Å². The minimum atomic E-state index is 0. The van der Waals surface area contributed by atoms with Crippen LogP contribution in [-0.2, 0) is 23.6 Å². The van der Waals surface area contributed by atoms with Gasteiger partial charge in [-0.3, -0.25) is 4.98 Å². The van der Waals surface area contributed by atoms with E-state index in [0.717, 1.165) is 29.7 Å². The molecule has 0 amide bonds. The smallest absolute Gasteiger partial charge is 0.327 e. The predicted molar refractivity (Wildman–Crippen MR) is 185 cm³/mol. The van der Waals surface area contributed by atoms with Gasteiger partial charge in [-0.15, -0.1) is 0 Å². The summed E-state index contributed by atoms with van der Waals surface area (Å²) in [6.07, 6.45) is 32.9. The van der Waals surface area contributed by atoms with Gasteiger partial charge in [-0.2, -0.15) is 0 Å². The van der Waals surface area contributed by atoms with Crippen LogP contribution in [0.4, 0.5) is 0 Å². The van der Waals surface area contributed by atoms with E-state index in [0.29, 0.717) is 0 Å². The first-order valence-electron chi connectivity index (χ1n) is 17.1. The molecule has 6 heterocycles. The maximum atomic E-state index is 4.37. The van der Waals surface area contributed by atoms with Crippen LogP contribution in [0.5, 0.6) is 0 Å². The van der Waals surface area contributed by atoms with Crippen LogP contribution >= 0.6 is 0 Å². The summed E-state index contributed by atoms with van der Waals surface area (Å²) in [5, 5.41) is 0. The molecule has 0 aliphatic heterocycles. The molecule has 2 aliphatic rings. The van der Waals surface area contributed by atoms with Gasteiger partial charge in [-0.1, -0.05) is 57.1 Å². The summed E-state index contributed by atoms with van der Waals surface area (Å²) in [6.45, 7) is 1.16. The van der Waals surface area contributed by atoms with Gasteiger partial charge < -0.3 is 48.8 Å². The Balaban J connectivity index is 0.000000297. The number of aromatic nitrogens is 6. The van der Waals surface area contributed by atoms with Crippen molar-refractivity contribution in [2.24, 2.45) is 5.92 Å². The third kappa shape index (κ3) is 13.7. The van der Waals surface area contributed by atoms with E-state index in [1.54, 1.807) is 18.6 Å². The topological polar surface area (TPSA) is 50.3 Å². The normalized spacial score (nSPS) is 12.9. The van der Waals surface area contributed by atoms with Crippen LogP contribution in [0.25, 0.3) is 33.9 Å². The standard InChI is InChI=1S/C21H23N3.C15H12N3.C5H10.2ClH.Fe.HI/c1-2-6-18(5-1)17-23-13-8-19(9-14-23)20-10-15-24(16-11-20)21-7-3-4-12-22-21;1-2-8-17-15(3-1)18-11-6-14(7-12-18)13-4-9-16-10-5-13;1-2-4-5-3-1;;;;/h3-4,7-16,18H,1-2,5-6,17H2;1-12H;1-5H2;2*1H;;1H/q+2;+1;;;;;/p-3. The SMILES string of the molecule is C1CCCC1.[Cl-].[Cl-].[Fe].[I-].c1ccc(-[n+]2ccc(-c3cc[n+](CC4CCCC4)cc3)cc2)nc1.c1ccc(-[n+]2ccc(-c3ccncc3)cc2)nc1. The van der Waals surface area contributed by atoms with E-state index in [1.165, 1.54) is 74.5 Å². The van der Waals surface area contributed by atoms with Crippen LogP contribution in [0, 0.1) is 5.92 Å². The van der Waals surface area contributed by atoms with Gasteiger partial charge in [-0.05, 0) is 93.6 Å². The largest absolute Gasteiger partial charge is 1.00 e. The first-order valence-corrected chi connectivity index (χ1v) is 17.1. The van der Waals surface area contributed by atoms with Crippen LogP contribution in [-0.4, -0.2) is 15.0 Å². The fraction of sp³-hybridized carbons (Fsp3) is 0.268. The summed E-state index contributed by atoms with van der Waals surface area (Å²) < 4.78 is 6.36. The molecule has 0 atom stereocenters. The van der Waals surface area contributed by atoms with Gasteiger partial charge in [0.2, 0.25) is 0 Å². The van der Waals surface area contributed by atoms with E-state index >= 15 is 0 Å². The number of nitrogens with zero attached hydrogens (tertiary/aromatic N) is 6. The number of pyridine rings is 6. The van der Waals surface area contributed by atoms with Gasteiger partial charge in [0.25, 0.3) is 0 Å². The van der Waals surface area contributed by atoms with E-state index in [4.69, 9.17) is 0 Å². The van der Waals surface area contributed by atoms with Crippen molar-refractivity contribution < 1.29 is 79.6 Å². The fourth-order valence-corrected chi connectivity index (χ4v) is 6.25. The molecule has 2 aliphatic carbocycles. The molecule has 0 spiro atoms. The molecule has 6 aromatic rings. The Labute approximate surface area is 343 Å². The van der Waals surface area contributed by atoms with Crippen LogP contribution in [0.2, 0.25) is 0 Å². The average Bonchev–Trinajstić information content (AvgIpc) is 3.92. The molecule has 0 N–H and O–H groups in total. The minimum absolute atomic E-state index is 0. The second-order valence-electron chi connectivity index (χ2n) is 12.3. The van der Waals surface area contributed by atoms with Crippen molar-refractivity contribution in [3.8, 4) is 33.9 Å². The maximum absolute atomic E-state index is 4.37. The maximum Gasteiger partial charge on any atom is 0.327 e. The Morgan fingerprint density at radius 1 is 0.471 bits per heavy atom. The first kappa shape index (κ1) is 43.9. The number of hydrogen-bond acceptors (Lipinski definition) is 3. The number of hydrogen-bond donors (Lipinski definition) is 0. The molecule has 0 bridgehead atoms. The van der Waals surface area contributed by atoms with Crippen molar-refractivity contribution in [1.29, 1.82) is 0 Å². The van der Waals surface area contributed by atoms with E-state index in [2.05, 4.69) is 80.7 Å². The molecule has 2 saturated carbocycles. The summed E-state index contributed by atoms with van der Waals surface area (Å²) >= 11 is 0. The van der Waals surface area contributed by atoms with Crippen molar-refractivity contribution in [2.75, 3.05) is 0 Å². The van der Waals surface area contributed by atoms with E-state index in [-0.39, 0.29) is 65.9 Å². The van der Waals surface area contributed by atoms with Crippen molar-refractivity contribution in [1.82, 2.24) is 15.0 Å². The monoisotopic (exact) mass is 874 g/mol. The zero-order valence-electron chi connectivity index (χ0n) is 28.7. The van der Waals surface area contributed by atoms with Crippen LogP contribution in [0.15, 0.2) is 147 Å². The third-order valence-electron chi connectivity index (χ3n) is 8.92. The Morgan fingerprint density at radius 3 is 1.25 bits per heavy atom. The Bertz CT molecular complexity index is 1690. The van der Waals surface area contributed by atoms with Gasteiger partial charge >= 0.3 is 11.6 Å². The molecule has 2 fully saturated rings. The van der Waals surface area contributed by atoms with Gasteiger partial charge in [0, 0.05) is 59.6 Å². The molecular weight excluding hydrogens is 830 g/mol. The van der Waals surface area contributed by atoms with Crippen molar-refractivity contribution >= 4 is 0 Å². The molecule has 0 aromatic carbocycles. The second-order valence-corrected chi connectivity index (χ2v) is 12.3. The zero-order valence-corrected chi connectivity index (χ0v) is 33.4. The molecule has 268 valence electrons.